The van der Waals surface area contributed by atoms with Crippen LogP contribution in [0.2, 0.25) is 0 Å². The maximum Gasteiger partial charge on any atom is 0.215 e. The number of benzene rings is 2. The average molecular weight is 558 g/mol. The fourth-order valence-electron chi connectivity index (χ4n) is 3.47. The summed E-state index contributed by atoms with van der Waals surface area (Å²) < 4.78 is 31.6. The zero-order valence-electron chi connectivity index (χ0n) is 17.7. The van der Waals surface area contributed by atoms with Crippen molar-refractivity contribution in [1.29, 1.82) is 0 Å². The van der Waals surface area contributed by atoms with E-state index in [1.807, 2.05) is 36.4 Å². The van der Waals surface area contributed by atoms with Gasteiger partial charge in [-0.2, -0.15) is 4.31 Å². The number of nitrogens with zero attached hydrogens (tertiary/aromatic N) is 2. The molecule has 1 heterocycles. The molecule has 0 atom stereocenters. The summed E-state index contributed by atoms with van der Waals surface area (Å²) in [4.78, 5) is 4.25. The molecular weight excluding hydrogens is 527 g/mol. The van der Waals surface area contributed by atoms with Gasteiger partial charge in [-0.25, -0.2) is 8.42 Å². The first-order valence-electron chi connectivity index (χ1n) is 10.2. The van der Waals surface area contributed by atoms with Crippen molar-refractivity contribution in [3.05, 3.63) is 71.8 Å². The maximum atomic E-state index is 12.5. The van der Waals surface area contributed by atoms with Crippen LogP contribution in [0.4, 0.5) is 0 Å². The molecule has 1 saturated heterocycles. The highest BCUT2D eigenvalue weighted by Gasteiger charge is 2.24. The first kappa shape index (κ1) is 25.6. The lowest BCUT2D eigenvalue weighted by Gasteiger charge is -2.26. The minimum atomic E-state index is -3.30. The summed E-state index contributed by atoms with van der Waals surface area (Å²) in [6, 6.07) is 20.6. The first-order valence-corrected chi connectivity index (χ1v) is 11.8. The number of morpholine rings is 1. The number of halogens is 1. The van der Waals surface area contributed by atoms with E-state index in [4.69, 9.17) is 4.74 Å². The van der Waals surface area contributed by atoms with Crippen molar-refractivity contribution < 1.29 is 13.2 Å². The molecule has 2 aromatic rings. The molecule has 0 spiro atoms. The molecule has 9 heteroatoms. The van der Waals surface area contributed by atoms with E-state index in [0.29, 0.717) is 45.4 Å². The summed E-state index contributed by atoms with van der Waals surface area (Å²) in [6.07, 6.45) is 0. The quantitative estimate of drug-likeness (QED) is 0.295. The summed E-state index contributed by atoms with van der Waals surface area (Å²) in [6.45, 7) is 2.69. The SMILES string of the molecule is CN=C(NCCS(=O)(=O)N1CCOCC1)NCC(c1ccccc1)c1ccccc1.I. The highest BCUT2D eigenvalue weighted by molar-refractivity contribution is 14.0. The summed E-state index contributed by atoms with van der Waals surface area (Å²) >= 11 is 0. The molecule has 31 heavy (non-hydrogen) atoms. The largest absolute Gasteiger partial charge is 0.379 e. The molecule has 0 saturated carbocycles. The van der Waals surface area contributed by atoms with Gasteiger partial charge in [0.25, 0.3) is 0 Å². The molecule has 0 aromatic heterocycles. The fourth-order valence-corrected chi connectivity index (χ4v) is 4.79. The smallest absolute Gasteiger partial charge is 0.215 e. The van der Waals surface area contributed by atoms with E-state index in [1.165, 1.54) is 15.4 Å². The fraction of sp³-hybridized carbons (Fsp3) is 0.409. The van der Waals surface area contributed by atoms with E-state index >= 15 is 0 Å². The third kappa shape index (κ3) is 7.74. The lowest BCUT2D eigenvalue weighted by atomic mass is 9.91. The first-order chi connectivity index (χ1) is 14.6. The van der Waals surface area contributed by atoms with Crippen LogP contribution in [0.25, 0.3) is 0 Å². The number of rotatable bonds is 8. The van der Waals surface area contributed by atoms with Crippen LogP contribution in [0, 0.1) is 0 Å². The monoisotopic (exact) mass is 558 g/mol. The lowest BCUT2D eigenvalue weighted by molar-refractivity contribution is 0.0730. The third-order valence-corrected chi connectivity index (χ3v) is 6.99. The molecule has 3 rings (SSSR count). The minimum absolute atomic E-state index is 0. The Morgan fingerprint density at radius 1 is 1.00 bits per heavy atom. The zero-order valence-corrected chi connectivity index (χ0v) is 20.9. The molecule has 7 nitrogen and oxygen atoms in total. The van der Waals surface area contributed by atoms with Crippen LogP contribution >= 0.6 is 24.0 Å². The number of hydrogen-bond acceptors (Lipinski definition) is 4. The van der Waals surface area contributed by atoms with Gasteiger partial charge in [-0.05, 0) is 11.1 Å². The van der Waals surface area contributed by atoms with Crippen LogP contribution < -0.4 is 10.6 Å². The van der Waals surface area contributed by atoms with Crippen LogP contribution in [0.3, 0.4) is 0 Å². The van der Waals surface area contributed by atoms with Crippen LogP contribution in [0.5, 0.6) is 0 Å². The predicted octanol–water partition coefficient (Wildman–Crippen LogP) is 2.26. The molecule has 170 valence electrons. The van der Waals surface area contributed by atoms with Gasteiger partial charge in [0.05, 0.1) is 19.0 Å². The Kier molecular flexibility index (Phi) is 10.7. The molecular formula is C22H31IN4O3S. The van der Waals surface area contributed by atoms with Crippen molar-refractivity contribution in [2.45, 2.75) is 5.92 Å². The summed E-state index contributed by atoms with van der Waals surface area (Å²) in [5.74, 6) is 0.765. The third-order valence-electron chi connectivity index (χ3n) is 5.12. The summed E-state index contributed by atoms with van der Waals surface area (Å²) in [7, 11) is -1.61. The Balaban J connectivity index is 0.00000341. The molecule has 0 amide bonds. The molecule has 0 radical (unpaired) electrons. The molecule has 0 aliphatic carbocycles. The highest BCUT2D eigenvalue weighted by atomic mass is 127. The van der Waals surface area contributed by atoms with Crippen molar-refractivity contribution in [2.75, 3.05) is 52.2 Å². The van der Waals surface area contributed by atoms with Crippen molar-refractivity contribution in [1.82, 2.24) is 14.9 Å². The van der Waals surface area contributed by atoms with Gasteiger partial charge in [-0.15, -0.1) is 24.0 Å². The molecule has 0 bridgehead atoms. The number of hydrogen-bond donors (Lipinski definition) is 2. The van der Waals surface area contributed by atoms with E-state index in [-0.39, 0.29) is 35.6 Å². The topological polar surface area (TPSA) is 83.0 Å². The van der Waals surface area contributed by atoms with Crippen LogP contribution in [0.15, 0.2) is 65.7 Å². The van der Waals surface area contributed by atoms with Gasteiger partial charge in [0.1, 0.15) is 0 Å². The van der Waals surface area contributed by atoms with E-state index in [9.17, 15) is 8.42 Å². The van der Waals surface area contributed by atoms with Gasteiger partial charge in [0, 0.05) is 39.1 Å². The van der Waals surface area contributed by atoms with Crippen LogP contribution in [0.1, 0.15) is 17.0 Å². The van der Waals surface area contributed by atoms with E-state index < -0.39 is 10.0 Å². The second-order valence-corrected chi connectivity index (χ2v) is 9.17. The van der Waals surface area contributed by atoms with Gasteiger partial charge in [-0.3, -0.25) is 4.99 Å². The number of ether oxygens (including phenoxy) is 1. The Hall–Kier alpha value is -1.69. The standard InChI is InChI=1S/C22H30N4O3S.HI/c1-23-22(24-12-17-30(27,28)26-13-15-29-16-14-26)25-18-21(19-8-4-2-5-9-19)20-10-6-3-7-11-20;/h2-11,21H,12-18H2,1H3,(H2,23,24,25);1H. The number of aliphatic imine (C=N–C) groups is 1. The van der Waals surface area contributed by atoms with Gasteiger partial charge >= 0.3 is 0 Å². The van der Waals surface area contributed by atoms with Crippen LogP contribution in [-0.4, -0.2) is 70.9 Å². The van der Waals surface area contributed by atoms with E-state index in [1.54, 1.807) is 7.05 Å². The maximum absolute atomic E-state index is 12.5. The van der Waals surface area contributed by atoms with Gasteiger partial charge < -0.3 is 15.4 Å². The second kappa shape index (κ2) is 13.0. The van der Waals surface area contributed by atoms with Crippen LogP contribution in [-0.2, 0) is 14.8 Å². The van der Waals surface area contributed by atoms with E-state index in [2.05, 4.69) is 39.9 Å². The van der Waals surface area contributed by atoms with Crippen molar-refractivity contribution in [3.8, 4) is 0 Å². The van der Waals surface area contributed by atoms with E-state index in [0.717, 1.165) is 0 Å². The van der Waals surface area contributed by atoms with Gasteiger partial charge in [-0.1, -0.05) is 60.7 Å². The Morgan fingerprint density at radius 2 is 1.55 bits per heavy atom. The van der Waals surface area contributed by atoms with Crippen molar-refractivity contribution in [3.63, 3.8) is 0 Å². The Labute approximate surface area is 202 Å². The molecule has 1 fully saturated rings. The van der Waals surface area contributed by atoms with Gasteiger partial charge in [0.2, 0.25) is 10.0 Å². The molecule has 2 aromatic carbocycles. The minimum Gasteiger partial charge on any atom is -0.379 e. The summed E-state index contributed by atoms with van der Waals surface area (Å²) in [5.41, 5.74) is 2.42. The normalized spacial score (nSPS) is 15.4. The summed E-state index contributed by atoms with van der Waals surface area (Å²) in [5, 5.41) is 6.47. The van der Waals surface area contributed by atoms with Gasteiger partial charge in [0.15, 0.2) is 5.96 Å². The Morgan fingerprint density at radius 3 is 2.06 bits per heavy atom. The average Bonchev–Trinajstić information content (AvgIpc) is 2.80. The zero-order chi connectivity index (χ0) is 21.2. The molecule has 1 aliphatic heterocycles. The second-order valence-electron chi connectivity index (χ2n) is 7.08. The lowest BCUT2D eigenvalue weighted by Crippen LogP contribution is -2.45. The highest BCUT2D eigenvalue weighted by Crippen LogP contribution is 2.23. The molecule has 0 unspecified atom stereocenters. The number of guanidine groups is 1. The van der Waals surface area contributed by atoms with Crippen molar-refractivity contribution in [2.24, 2.45) is 4.99 Å². The number of sulfonamides is 1. The molecule has 2 N–H and O–H groups in total. The Bertz CT molecular complexity index is 865. The number of nitrogens with one attached hydrogen (secondary N) is 2. The predicted molar refractivity (Wildman–Crippen MR) is 136 cm³/mol. The van der Waals surface area contributed by atoms with Crippen molar-refractivity contribution >= 4 is 40.0 Å². The molecule has 1 aliphatic rings.